The molecule has 0 fully saturated rings. The number of hydrogen-bond donors (Lipinski definition) is 0. The number of esters is 1. The second kappa shape index (κ2) is 24.6. The maximum absolute atomic E-state index is 11.2. The molecule has 2 nitrogen and oxygen atoms in total. The van der Waals surface area contributed by atoms with Gasteiger partial charge in [0, 0.05) is 19.3 Å². The second-order valence-electron chi connectivity index (χ2n) is 7.96. The largest absolute Gasteiger partial charge is 0.466 e. The van der Waals surface area contributed by atoms with Gasteiger partial charge in [-0.25, -0.2) is 0 Å². The zero-order valence-electron chi connectivity index (χ0n) is 19.5. The van der Waals surface area contributed by atoms with Gasteiger partial charge in [-0.1, -0.05) is 102 Å². The van der Waals surface area contributed by atoms with Crippen molar-refractivity contribution in [3.63, 3.8) is 0 Å². The first-order chi connectivity index (χ1) is 14.3. The van der Waals surface area contributed by atoms with Gasteiger partial charge in [-0.05, 0) is 38.0 Å². The third kappa shape index (κ3) is 24.6. The number of unbranched alkanes of at least 4 members (excludes halogenated alkanes) is 16. The molecule has 0 saturated heterocycles. The van der Waals surface area contributed by atoms with E-state index in [-0.39, 0.29) is 5.97 Å². The first-order valence-electron chi connectivity index (χ1n) is 12.4. The maximum atomic E-state index is 11.2. The van der Waals surface area contributed by atoms with Crippen molar-refractivity contribution in [2.24, 2.45) is 0 Å². The molecule has 0 aromatic heterocycles. The molecule has 0 aromatic carbocycles. The molecule has 0 spiro atoms. The van der Waals surface area contributed by atoms with Gasteiger partial charge in [0.1, 0.15) is 0 Å². The molecule has 0 heterocycles. The molecule has 0 aliphatic carbocycles. The summed E-state index contributed by atoms with van der Waals surface area (Å²) in [5.41, 5.74) is 0. The summed E-state index contributed by atoms with van der Waals surface area (Å²) in [5.74, 6) is 12.3. The molecule has 0 aliphatic heterocycles. The highest BCUT2D eigenvalue weighted by molar-refractivity contribution is 5.69. The SMILES string of the molecule is CCCCCCCCCCCCC#CC#CCCCCCCCCC(=O)OCC. The Morgan fingerprint density at radius 3 is 1.45 bits per heavy atom. The predicted octanol–water partition coefficient (Wildman–Crippen LogP) is 7.99. The topological polar surface area (TPSA) is 26.3 Å². The zero-order chi connectivity index (χ0) is 21.3. The molecule has 29 heavy (non-hydrogen) atoms. The molecule has 2 heteroatoms. The highest BCUT2D eigenvalue weighted by Gasteiger charge is 2.00. The van der Waals surface area contributed by atoms with Crippen LogP contribution in [0.15, 0.2) is 0 Å². The Balaban J connectivity index is 3.27. The van der Waals surface area contributed by atoms with Crippen LogP contribution in [-0.4, -0.2) is 12.6 Å². The lowest BCUT2D eigenvalue weighted by atomic mass is 10.1. The fourth-order valence-electron chi connectivity index (χ4n) is 3.34. The monoisotopic (exact) mass is 402 g/mol. The van der Waals surface area contributed by atoms with E-state index in [2.05, 4.69) is 30.6 Å². The van der Waals surface area contributed by atoms with Crippen LogP contribution in [0, 0.1) is 23.7 Å². The molecule has 0 unspecified atom stereocenters. The first-order valence-corrected chi connectivity index (χ1v) is 12.4. The molecular formula is C27H46O2. The van der Waals surface area contributed by atoms with E-state index in [1.165, 1.54) is 83.5 Å². The van der Waals surface area contributed by atoms with E-state index >= 15 is 0 Å². The average Bonchev–Trinajstić information content (AvgIpc) is 2.72. The highest BCUT2D eigenvalue weighted by Crippen LogP contribution is 2.11. The van der Waals surface area contributed by atoms with Gasteiger partial charge in [-0.15, -0.1) is 0 Å². The Morgan fingerprint density at radius 1 is 0.586 bits per heavy atom. The Kier molecular flexibility index (Phi) is 23.4. The lowest BCUT2D eigenvalue weighted by Gasteiger charge is -2.01. The van der Waals surface area contributed by atoms with Crippen LogP contribution in [0.1, 0.15) is 136 Å². The number of carbonyl (C=O) groups excluding carboxylic acids is 1. The molecule has 0 aliphatic rings. The molecule has 0 amide bonds. The summed E-state index contributed by atoms with van der Waals surface area (Å²) in [4.78, 5) is 11.2. The van der Waals surface area contributed by atoms with Crippen molar-refractivity contribution < 1.29 is 9.53 Å². The molecule has 166 valence electrons. The van der Waals surface area contributed by atoms with Crippen molar-refractivity contribution in [3.05, 3.63) is 0 Å². The minimum absolute atomic E-state index is 0.0583. The first kappa shape index (κ1) is 27.6. The van der Waals surface area contributed by atoms with Gasteiger partial charge in [0.2, 0.25) is 0 Å². The van der Waals surface area contributed by atoms with Crippen molar-refractivity contribution in [2.75, 3.05) is 6.61 Å². The number of rotatable bonds is 19. The van der Waals surface area contributed by atoms with E-state index in [1.807, 2.05) is 6.92 Å². The predicted molar refractivity (Wildman–Crippen MR) is 126 cm³/mol. The van der Waals surface area contributed by atoms with Crippen LogP contribution in [0.2, 0.25) is 0 Å². The van der Waals surface area contributed by atoms with Crippen molar-refractivity contribution in [1.82, 2.24) is 0 Å². The third-order valence-electron chi connectivity index (χ3n) is 5.13. The van der Waals surface area contributed by atoms with Crippen LogP contribution in [0.4, 0.5) is 0 Å². The molecule has 0 rings (SSSR count). The summed E-state index contributed by atoms with van der Waals surface area (Å²) in [6.07, 6.45) is 23.1. The van der Waals surface area contributed by atoms with Crippen LogP contribution >= 0.6 is 0 Å². The molecule has 0 aromatic rings. The number of hydrogen-bond acceptors (Lipinski definition) is 2. The van der Waals surface area contributed by atoms with Crippen LogP contribution in [0.5, 0.6) is 0 Å². The van der Waals surface area contributed by atoms with Gasteiger partial charge in [0.05, 0.1) is 6.61 Å². The van der Waals surface area contributed by atoms with Crippen LogP contribution in [-0.2, 0) is 9.53 Å². The second-order valence-corrected chi connectivity index (χ2v) is 7.96. The lowest BCUT2D eigenvalue weighted by molar-refractivity contribution is -0.143. The van der Waals surface area contributed by atoms with Gasteiger partial charge < -0.3 is 4.74 Å². The van der Waals surface area contributed by atoms with Crippen molar-refractivity contribution >= 4 is 5.97 Å². The standard InChI is InChI=1S/C27H46O2/c1-3-5-6-7-8-9-10-11-12-13-14-15-16-17-18-19-20-21-22-23-24-25-26-27(28)29-4-2/h3-14,19-26H2,1-2H3. The minimum atomic E-state index is -0.0583. The fraction of sp³-hybridized carbons (Fsp3) is 0.815. The van der Waals surface area contributed by atoms with Gasteiger partial charge in [0.25, 0.3) is 0 Å². The Morgan fingerprint density at radius 2 is 1.00 bits per heavy atom. The maximum Gasteiger partial charge on any atom is 0.305 e. The molecule has 0 saturated carbocycles. The summed E-state index contributed by atoms with van der Waals surface area (Å²) in [6.45, 7) is 4.62. The van der Waals surface area contributed by atoms with Gasteiger partial charge in [0.15, 0.2) is 0 Å². The van der Waals surface area contributed by atoms with Crippen molar-refractivity contribution in [1.29, 1.82) is 0 Å². The van der Waals surface area contributed by atoms with Gasteiger partial charge in [-0.2, -0.15) is 0 Å². The molecule has 0 atom stereocenters. The summed E-state index contributed by atoms with van der Waals surface area (Å²) >= 11 is 0. The van der Waals surface area contributed by atoms with E-state index in [1.54, 1.807) is 0 Å². The summed E-state index contributed by atoms with van der Waals surface area (Å²) < 4.78 is 4.92. The number of carbonyl (C=O) groups is 1. The molecular weight excluding hydrogens is 356 g/mol. The molecule has 0 N–H and O–H groups in total. The van der Waals surface area contributed by atoms with E-state index in [0.717, 1.165) is 32.1 Å². The van der Waals surface area contributed by atoms with E-state index in [4.69, 9.17) is 4.74 Å². The molecule has 0 radical (unpaired) electrons. The van der Waals surface area contributed by atoms with E-state index in [0.29, 0.717) is 13.0 Å². The fourth-order valence-corrected chi connectivity index (χ4v) is 3.34. The van der Waals surface area contributed by atoms with Crippen LogP contribution in [0.25, 0.3) is 0 Å². The Hall–Kier alpha value is -1.41. The summed E-state index contributed by atoms with van der Waals surface area (Å²) in [7, 11) is 0. The van der Waals surface area contributed by atoms with Gasteiger partial charge >= 0.3 is 5.97 Å². The molecule has 0 bridgehead atoms. The average molecular weight is 403 g/mol. The lowest BCUT2D eigenvalue weighted by Crippen LogP contribution is -2.03. The van der Waals surface area contributed by atoms with Gasteiger partial charge in [-0.3, -0.25) is 4.79 Å². The Bertz CT molecular complexity index is 472. The van der Waals surface area contributed by atoms with Crippen molar-refractivity contribution in [2.45, 2.75) is 136 Å². The zero-order valence-corrected chi connectivity index (χ0v) is 19.5. The smallest absolute Gasteiger partial charge is 0.305 e. The van der Waals surface area contributed by atoms with Crippen LogP contribution < -0.4 is 0 Å². The van der Waals surface area contributed by atoms with E-state index in [9.17, 15) is 4.79 Å². The summed E-state index contributed by atoms with van der Waals surface area (Å²) in [5, 5.41) is 0. The van der Waals surface area contributed by atoms with Crippen molar-refractivity contribution in [3.8, 4) is 23.7 Å². The third-order valence-corrected chi connectivity index (χ3v) is 5.13. The summed E-state index contributed by atoms with van der Waals surface area (Å²) in [6, 6.07) is 0. The highest BCUT2D eigenvalue weighted by atomic mass is 16.5. The minimum Gasteiger partial charge on any atom is -0.466 e. The Labute approximate surface area is 182 Å². The van der Waals surface area contributed by atoms with Crippen LogP contribution in [0.3, 0.4) is 0 Å². The quantitative estimate of drug-likeness (QED) is 0.124. The number of ether oxygens (including phenoxy) is 1. The normalized spacial score (nSPS) is 10.0. The van der Waals surface area contributed by atoms with E-state index < -0.39 is 0 Å².